The topological polar surface area (TPSA) is 38.5 Å². The van der Waals surface area contributed by atoms with Crippen LogP contribution in [0.1, 0.15) is 18.4 Å². The van der Waals surface area contributed by atoms with Crippen molar-refractivity contribution < 1.29 is 14.3 Å². The van der Waals surface area contributed by atoms with Crippen molar-refractivity contribution in [3.63, 3.8) is 0 Å². The van der Waals surface area contributed by atoms with Gasteiger partial charge in [0.05, 0.1) is 19.6 Å². The van der Waals surface area contributed by atoms with E-state index in [9.17, 15) is 4.79 Å². The highest BCUT2D eigenvalue weighted by molar-refractivity contribution is 5.93. The molecule has 0 spiro atoms. The largest absolute Gasteiger partial charge is 0.491 e. The van der Waals surface area contributed by atoms with Gasteiger partial charge >= 0.3 is 5.97 Å². The molecule has 0 amide bonds. The van der Waals surface area contributed by atoms with Crippen molar-refractivity contribution in [3.05, 3.63) is 42.0 Å². The normalized spacial score (nSPS) is 22.4. The maximum Gasteiger partial charge on any atom is 0.309 e. The number of ether oxygens (including phenoxy) is 2. The number of hydrogen-bond donors (Lipinski definition) is 0. The van der Waals surface area contributed by atoms with E-state index in [-0.39, 0.29) is 12.4 Å². The molecule has 126 valence electrons. The average molecular weight is 325 g/mol. The Morgan fingerprint density at radius 3 is 2.75 bits per heavy atom. The van der Waals surface area contributed by atoms with E-state index in [4.69, 9.17) is 9.47 Å². The van der Waals surface area contributed by atoms with Crippen molar-refractivity contribution in [2.75, 3.05) is 26.8 Å². The van der Waals surface area contributed by atoms with Crippen molar-refractivity contribution in [1.82, 2.24) is 4.90 Å². The summed E-state index contributed by atoms with van der Waals surface area (Å²) in [5.41, 5.74) is 0.978. The molecule has 2 atom stereocenters. The third-order valence-electron chi connectivity index (χ3n) is 4.98. The van der Waals surface area contributed by atoms with Gasteiger partial charge in [0.2, 0.25) is 0 Å². The van der Waals surface area contributed by atoms with Crippen LogP contribution < -0.4 is 4.74 Å². The summed E-state index contributed by atoms with van der Waals surface area (Å²) in [6, 6.07) is 12.6. The summed E-state index contributed by atoms with van der Waals surface area (Å²) in [5, 5.41) is 2.12. The predicted octanol–water partition coefficient (Wildman–Crippen LogP) is 3.03. The van der Waals surface area contributed by atoms with Gasteiger partial charge in [-0.1, -0.05) is 30.3 Å². The summed E-state index contributed by atoms with van der Waals surface area (Å²) in [4.78, 5) is 14.1. The smallest absolute Gasteiger partial charge is 0.309 e. The lowest BCUT2D eigenvalue weighted by Crippen LogP contribution is -2.13. The highest BCUT2D eigenvalue weighted by Gasteiger charge is 2.38. The Balaban J connectivity index is 1.47. The monoisotopic (exact) mass is 325 g/mol. The Morgan fingerprint density at radius 2 is 1.96 bits per heavy atom. The Labute approximate surface area is 142 Å². The van der Waals surface area contributed by atoms with Crippen LogP contribution in [0, 0.1) is 5.92 Å². The molecule has 0 radical (unpaired) electrons. The van der Waals surface area contributed by atoms with Crippen molar-refractivity contribution >= 4 is 16.7 Å². The minimum atomic E-state index is -0.220. The van der Waals surface area contributed by atoms with Crippen LogP contribution in [0.4, 0.5) is 0 Å². The fraction of sp³-hybridized carbons (Fsp3) is 0.450. The van der Waals surface area contributed by atoms with Gasteiger partial charge in [0.15, 0.2) is 0 Å². The van der Waals surface area contributed by atoms with Crippen LogP contribution in [0.15, 0.2) is 36.4 Å². The van der Waals surface area contributed by atoms with Crippen molar-refractivity contribution in [1.29, 1.82) is 0 Å². The molecule has 0 N–H and O–H groups in total. The molecular formula is C20H23NO3. The number of carbonyl (C=O) groups is 1. The molecule has 1 heterocycles. The van der Waals surface area contributed by atoms with Gasteiger partial charge in [0, 0.05) is 18.5 Å². The van der Waals surface area contributed by atoms with Gasteiger partial charge in [-0.3, -0.25) is 9.69 Å². The van der Waals surface area contributed by atoms with Gasteiger partial charge in [0.1, 0.15) is 12.4 Å². The van der Waals surface area contributed by atoms with Gasteiger partial charge in [-0.15, -0.1) is 0 Å². The molecule has 2 aromatic rings. The number of methoxy groups -OCH3 is 1. The van der Waals surface area contributed by atoms with Crippen molar-refractivity contribution in [3.8, 4) is 5.75 Å². The van der Waals surface area contributed by atoms with Crippen LogP contribution >= 0.6 is 0 Å². The molecule has 4 rings (SSSR count). The molecule has 0 bridgehead atoms. The molecule has 24 heavy (non-hydrogen) atoms. The van der Waals surface area contributed by atoms with Crippen molar-refractivity contribution in [2.24, 2.45) is 5.92 Å². The predicted molar refractivity (Wildman–Crippen MR) is 93.2 cm³/mol. The van der Waals surface area contributed by atoms with Crippen LogP contribution in [0.2, 0.25) is 0 Å². The van der Waals surface area contributed by atoms with Crippen molar-refractivity contribution in [2.45, 2.75) is 25.3 Å². The summed E-state index contributed by atoms with van der Waals surface area (Å²) in [6.45, 7) is 3.15. The van der Waals surface area contributed by atoms with Gasteiger partial charge < -0.3 is 9.47 Å². The highest BCUT2D eigenvalue weighted by atomic mass is 16.5. The van der Waals surface area contributed by atoms with E-state index in [1.807, 2.05) is 30.3 Å². The molecule has 2 fully saturated rings. The zero-order valence-corrected chi connectivity index (χ0v) is 14.0. The second-order valence-electron chi connectivity index (χ2n) is 6.88. The highest BCUT2D eigenvalue weighted by Crippen LogP contribution is 2.34. The maximum absolute atomic E-state index is 11.6. The van der Waals surface area contributed by atoms with E-state index in [0.717, 1.165) is 41.2 Å². The second-order valence-corrected chi connectivity index (χ2v) is 6.88. The molecule has 2 aliphatic rings. The first kappa shape index (κ1) is 15.5. The number of fused-ring (bicyclic) bond motifs is 1. The molecule has 4 nitrogen and oxygen atoms in total. The third-order valence-corrected chi connectivity index (χ3v) is 4.98. The fourth-order valence-electron chi connectivity index (χ4n) is 3.28. The van der Waals surface area contributed by atoms with Crippen LogP contribution in [-0.2, 0) is 16.0 Å². The van der Waals surface area contributed by atoms with Gasteiger partial charge in [-0.2, -0.15) is 0 Å². The van der Waals surface area contributed by atoms with E-state index < -0.39 is 0 Å². The van der Waals surface area contributed by atoms with E-state index >= 15 is 0 Å². The first-order valence-corrected chi connectivity index (χ1v) is 8.69. The number of hydrogen-bond acceptors (Lipinski definition) is 4. The first-order valence-electron chi connectivity index (χ1n) is 8.69. The lowest BCUT2D eigenvalue weighted by molar-refractivity contribution is -0.139. The summed E-state index contributed by atoms with van der Waals surface area (Å²) in [5.74, 6) is 1.62. The zero-order valence-electron chi connectivity index (χ0n) is 14.0. The molecule has 4 heteroatoms. The summed E-state index contributed by atoms with van der Waals surface area (Å²) < 4.78 is 10.9. The number of benzene rings is 2. The SMILES string of the molecule is COC(=O)Cc1cccc2c(OCC3CN3CC3CC3)cccc12. The summed E-state index contributed by atoms with van der Waals surface area (Å²) in [6.07, 6.45) is 3.09. The second kappa shape index (κ2) is 6.44. The molecule has 1 saturated heterocycles. The maximum atomic E-state index is 11.6. The van der Waals surface area contributed by atoms with Gasteiger partial charge in [-0.05, 0) is 35.8 Å². The van der Waals surface area contributed by atoms with Crippen LogP contribution in [0.5, 0.6) is 5.75 Å². The van der Waals surface area contributed by atoms with Gasteiger partial charge in [-0.25, -0.2) is 0 Å². The lowest BCUT2D eigenvalue weighted by atomic mass is 10.0. The Bertz CT molecular complexity index is 754. The molecule has 1 saturated carbocycles. The standard InChI is InChI=1S/C20H23NO3/c1-23-20(22)10-15-4-2-6-18-17(15)5-3-7-19(18)24-13-16-12-21(16)11-14-8-9-14/h2-7,14,16H,8-13H2,1H3. The fourth-order valence-corrected chi connectivity index (χ4v) is 3.28. The number of esters is 1. The number of carbonyl (C=O) groups excluding carboxylic acids is 1. The van der Waals surface area contributed by atoms with E-state index in [0.29, 0.717) is 6.04 Å². The molecule has 0 aromatic heterocycles. The minimum Gasteiger partial charge on any atom is -0.491 e. The lowest BCUT2D eigenvalue weighted by Gasteiger charge is -2.12. The Morgan fingerprint density at radius 1 is 1.17 bits per heavy atom. The first-order chi connectivity index (χ1) is 11.7. The average Bonchev–Trinajstić information content (AvgIpc) is 3.52. The van der Waals surface area contributed by atoms with Crippen LogP contribution in [-0.4, -0.2) is 43.7 Å². The Hall–Kier alpha value is -2.07. The van der Waals surface area contributed by atoms with Gasteiger partial charge in [0.25, 0.3) is 0 Å². The van der Waals surface area contributed by atoms with Crippen LogP contribution in [0.3, 0.4) is 0 Å². The third kappa shape index (κ3) is 3.39. The molecular weight excluding hydrogens is 302 g/mol. The molecule has 2 unspecified atom stereocenters. The molecule has 2 aromatic carbocycles. The van der Waals surface area contributed by atoms with E-state index in [1.165, 1.54) is 26.5 Å². The molecule has 1 aliphatic heterocycles. The summed E-state index contributed by atoms with van der Waals surface area (Å²) in [7, 11) is 1.42. The van der Waals surface area contributed by atoms with E-state index in [2.05, 4.69) is 11.0 Å². The molecule has 1 aliphatic carbocycles. The Kier molecular flexibility index (Phi) is 4.15. The van der Waals surface area contributed by atoms with Crippen LogP contribution in [0.25, 0.3) is 10.8 Å². The number of rotatable bonds is 7. The zero-order chi connectivity index (χ0) is 16.5. The quantitative estimate of drug-likeness (QED) is 0.579. The summed E-state index contributed by atoms with van der Waals surface area (Å²) >= 11 is 0. The minimum absolute atomic E-state index is 0.220. The van der Waals surface area contributed by atoms with E-state index in [1.54, 1.807) is 0 Å². The number of nitrogens with zero attached hydrogens (tertiary/aromatic N) is 1.